The molecule has 0 radical (unpaired) electrons. The summed E-state index contributed by atoms with van der Waals surface area (Å²) >= 11 is 34.8. The minimum Gasteiger partial charge on any atom is -0.481 e. The summed E-state index contributed by atoms with van der Waals surface area (Å²) in [6, 6.07) is 0. The zero-order chi connectivity index (χ0) is 17.4. The molecule has 12 heteroatoms. The Morgan fingerprint density at radius 1 is 1.04 bits per heavy atom. The average Bonchev–Trinajstić information content (AvgIpc) is 2.83. The van der Waals surface area contributed by atoms with E-state index in [1.54, 1.807) is 16.9 Å². The highest BCUT2D eigenvalue weighted by molar-refractivity contribution is 8.23. The molecule has 1 aliphatic rings. The molecule has 1 atom stereocenters. The normalized spacial score (nSPS) is 19.7. The van der Waals surface area contributed by atoms with E-state index in [2.05, 4.69) is 15.0 Å². The molecule has 1 N–H and O–H groups in total. The third-order valence-corrected chi connectivity index (χ3v) is 5.26. The fourth-order valence-electron chi connectivity index (χ4n) is 1.59. The Kier molecular flexibility index (Phi) is 6.00. The molecule has 0 aromatic carbocycles. The number of aromatic nitrogens is 3. The zero-order valence-electron chi connectivity index (χ0n) is 10.9. The van der Waals surface area contributed by atoms with E-state index in [9.17, 15) is 4.79 Å². The quantitative estimate of drug-likeness (QED) is 0.517. The first kappa shape index (κ1) is 19.4. The second-order valence-corrected chi connectivity index (χ2v) is 10.7. The van der Waals surface area contributed by atoms with Crippen LogP contribution in [0.2, 0.25) is 0 Å². The molecule has 0 aliphatic carbocycles. The van der Waals surface area contributed by atoms with Crippen molar-refractivity contribution in [2.75, 3.05) is 5.75 Å². The molecule has 0 saturated heterocycles. The number of alkyl halides is 6. The van der Waals surface area contributed by atoms with Crippen LogP contribution in [0.1, 0.15) is 17.5 Å². The van der Waals surface area contributed by atoms with Gasteiger partial charge in [-0.15, -0.1) is 0 Å². The van der Waals surface area contributed by atoms with Gasteiger partial charge in [0.1, 0.15) is 0 Å². The standard InChI is InChI=1S/C11H7Cl6N3O2S/c12-10(13,14)8-18-7(19-9(20-8)11(15,16)17)5-1-2-23(3-5)4-6(21)22/h1-3,23H,4H2,(H,21,22). The number of carboxylic acid groups (broad SMARTS) is 1. The number of carboxylic acids is 1. The maximum Gasteiger partial charge on any atom is 0.312 e. The molecule has 0 amide bonds. The molecule has 0 saturated carbocycles. The van der Waals surface area contributed by atoms with Gasteiger partial charge in [-0.05, 0) is 16.9 Å². The SMILES string of the molecule is O=C(O)C[SH]1C=CC(c2nc(C(Cl)(Cl)Cl)nc(C(Cl)(Cl)Cl)n2)=C1. The fourth-order valence-corrected chi connectivity index (χ4v) is 3.60. The van der Waals surface area contributed by atoms with Crippen LogP contribution in [-0.4, -0.2) is 31.8 Å². The van der Waals surface area contributed by atoms with Crippen molar-refractivity contribution >= 4 is 92.0 Å². The van der Waals surface area contributed by atoms with Gasteiger partial charge in [-0.1, -0.05) is 69.6 Å². The van der Waals surface area contributed by atoms with Crippen molar-refractivity contribution in [1.29, 1.82) is 0 Å². The Labute approximate surface area is 163 Å². The summed E-state index contributed by atoms with van der Waals surface area (Å²) in [6.07, 6.45) is 1.67. The first-order valence-corrected chi connectivity index (χ1v) is 9.68. The Hall–Kier alpha value is 0.0500. The van der Waals surface area contributed by atoms with Crippen LogP contribution in [0, 0.1) is 0 Å². The third kappa shape index (κ3) is 5.26. The van der Waals surface area contributed by atoms with Gasteiger partial charge in [0.2, 0.25) is 7.59 Å². The topological polar surface area (TPSA) is 76.0 Å². The molecule has 5 nitrogen and oxygen atoms in total. The monoisotopic (exact) mass is 455 g/mol. The van der Waals surface area contributed by atoms with Crippen molar-refractivity contribution in [3.05, 3.63) is 34.4 Å². The highest BCUT2D eigenvalue weighted by Crippen LogP contribution is 2.42. The molecule has 0 bridgehead atoms. The molecule has 1 aromatic rings. The molecule has 1 aliphatic heterocycles. The van der Waals surface area contributed by atoms with Crippen molar-refractivity contribution in [1.82, 2.24) is 15.0 Å². The number of halogens is 6. The molecule has 1 unspecified atom stereocenters. The third-order valence-electron chi connectivity index (χ3n) is 2.47. The number of rotatable bonds is 3. The van der Waals surface area contributed by atoms with Gasteiger partial charge in [0.05, 0.1) is 5.75 Å². The lowest BCUT2D eigenvalue weighted by atomic mass is 10.3. The Morgan fingerprint density at radius 3 is 2.00 bits per heavy atom. The zero-order valence-corrected chi connectivity index (χ0v) is 16.3. The molecule has 23 heavy (non-hydrogen) atoms. The van der Waals surface area contributed by atoms with E-state index in [0.717, 1.165) is 0 Å². The average molecular weight is 458 g/mol. The second-order valence-electron chi connectivity index (χ2n) is 4.27. The summed E-state index contributed by atoms with van der Waals surface area (Å²) < 4.78 is -3.87. The highest BCUT2D eigenvalue weighted by atomic mass is 35.6. The van der Waals surface area contributed by atoms with Crippen LogP contribution >= 0.6 is 80.5 Å². The number of thiol groups is 1. The lowest BCUT2D eigenvalue weighted by molar-refractivity contribution is -0.133. The molecule has 2 rings (SSSR count). The number of hydrogen-bond acceptors (Lipinski definition) is 4. The van der Waals surface area contributed by atoms with Gasteiger partial charge >= 0.3 is 5.97 Å². The van der Waals surface area contributed by atoms with Gasteiger partial charge in [0.25, 0.3) is 0 Å². The summed E-state index contributed by atoms with van der Waals surface area (Å²) in [6.45, 7) is 0. The summed E-state index contributed by atoms with van der Waals surface area (Å²) in [5.41, 5.74) is 0.547. The molecule has 0 spiro atoms. The maximum atomic E-state index is 10.8. The second kappa shape index (κ2) is 7.12. The van der Waals surface area contributed by atoms with Crippen LogP contribution in [-0.2, 0) is 12.4 Å². The van der Waals surface area contributed by atoms with Crippen LogP contribution in [0.4, 0.5) is 0 Å². The first-order chi connectivity index (χ1) is 10.5. The van der Waals surface area contributed by atoms with E-state index in [1.165, 1.54) is 0 Å². The van der Waals surface area contributed by atoms with Gasteiger partial charge in [-0.25, -0.2) is 25.8 Å². The van der Waals surface area contributed by atoms with Crippen molar-refractivity contribution in [2.45, 2.75) is 7.59 Å². The summed E-state index contributed by atoms with van der Waals surface area (Å²) in [4.78, 5) is 22.8. The van der Waals surface area contributed by atoms with Crippen molar-refractivity contribution in [3.63, 3.8) is 0 Å². The smallest absolute Gasteiger partial charge is 0.312 e. The maximum absolute atomic E-state index is 10.8. The van der Waals surface area contributed by atoms with Crippen molar-refractivity contribution < 1.29 is 9.90 Å². The lowest BCUT2D eigenvalue weighted by Crippen LogP contribution is -2.17. The van der Waals surface area contributed by atoms with E-state index >= 15 is 0 Å². The van der Waals surface area contributed by atoms with Gasteiger partial charge in [-0.2, -0.15) is 0 Å². The number of aliphatic carboxylic acids is 1. The predicted octanol–water partition coefficient (Wildman–Crippen LogP) is 4.48. The number of hydrogen-bond donors (Lipinski definition) is 2. The number of nitrogens with zero attached hydrogens (tertiary/aromatic N) is 3. The summed E-state index contributed by atoms with van der Waals surface area (Å²) in [5, 5.41) is 12.3. The van der Waals surface area contributed by atoms with E-state index in [1.807, 2.05) is 0 Å². The molecular weight excluding hydrogens is 451 g/mol. The van der Waals surface area contributed by atoms with E-state index < -0.39 is 24.4 Å². The van der Waals surface area contributed by atoms with Crippen LogP contribution in [0.5, 0.6) is 0 Å². The first-order valence-electron chi connectivity index (χ1n) is 5.75. The van der Waals surface area contributed by atoms with Crippen molar-refractivity contribution in [2.24, 2.45) is 0 Å². The van der Waals surface area contributed by atoms with Crippen LogP contribution in [0.15, 0.2) is 16.9 Å². The summed E-state index contributed by atoms with van der Waals surface area (Å²) in [5.74, 6) is -1.17. The highest BCUT2D eigenvalue weighted by Gasteiger charge is 2.34. The molecule has 2 heterocycles. The van der Waals surface area contributed by atoms with E-state index in [-0.39, 0.29) is 23.2 Å². The van der Waals surface area contributed by atoms with E-state index in [4.69, 9.17) is 74.7 Å². The van der Waals surface area contributed by atoms with Crippen molar-refractivity contribution in [3.8, 4) is 0 Å². The molecule has 126 valence electrons. The Bertz CT molecular complexity index is 666. The molecular formula is C11H7Cl6N3O2S. The largest absolute Gasteiger partial charge is 0.481 e. The van der Waals surface area contributed by atoms with Gasteiger partial charge in [0.15, 0.2) is 17.5 Å². The minimum atomic E-state index is -1.93. The van der Waals surface area contributed by atoms with Crippen LogP contribution in [0.25, 0.3) is 5.57 Å². The molecule has 0 fully saturated rings. The molecule has 1 aromatic heterocycles. The van der Waals surface area contributed by atoms with Crippen LogP contribution < -0.4 is 0 Å². The predicted molar refractivity (Wildman–Crippen MR) is 96.9 cm³/mol. The lowest BCUT2D eigenvalue weighted by Gasteiger charge is -2.15. The Balaban J connectivity index is 2.47. The van der Waals surface area contributed by atoms with Crippen LogP contribution in [0.3, 0.4) is 0 Å². The Morgan fingerprint density at radius 2 is 1.57 bits per heavy atom. The van der Waals surface area contributed by atoms with Gasteiger partial charge < -0.3 is 5.11 Å². The minimum absolute atomic E-state index is 0.00492. The fraction of sp³-hybridized carbons (Fsp3) is 0.273. The van der Waals surface area contributed by atoms with E-state index in [0.29, 0.717) is 5.57 Å². The van der Waals surface area contributed by atoms with Gasteiger partial charge in [-0.3, -0.25) is 4.79 Å². The summed E-state index contributed by atoms with van der Waals surface area (Å²) in [7, 11) is -0.963. The number of carbonyl (C=O) groups is 1. The van der Waals surface area contributed by atoms with Gasteiger partial charge in [0, 0.05) is 5.57 Å². The number of allylic oxidation sites excluding steroid dienone is 2.